The van der Waals surface area contributed by atoms with E-state index in [0.29, 0.717) is 32.8 Å². The molecule has 7 atom stereocenters. The number of nitrogens with one attached hydrogen (secondary N) is 1. The van der Waals surface area contributed by atoms with Gasteiger partial charge in [-0.2, -0.15) is 4.57 Å². The van der Waals surface area contributed by atoms with Gasteiger partial charge < -0.3 is 33.7 Å². The van der Waals surface area contributed by atoms with Crippen molar-refractivity contribution >= 4 is 42.6 Å². The van der Waals surface area contributed by atoms with Crippen LogP contribution in [0.25, 0.3) is 11.2 Å². The summed E-state index contributed by atoms with van der Waals surface area (Å²) in [6.45, 7) is 0.616. The van der Waals surface area contributed by atoms with Crippen LogP contribution in [-0.2, 0) is 42.7 Å². The number of phosphoric acid groups is 1. The maximum atomic E-state index is 15.2. The molecule has 86 heavy (non-hydrogen) atoms. The zero-order valence-electron chi connectivity index (χ0n) is 46.9. The fourth-order valence-electron chi connectivity index (χ4n) is 10.5. The molecule has 2 saturated heterocycles. The number of rotatable bonds is 21. The highest BCUT2D eigenvalue weighted by molar-refractivity contribution is 7.48. The van der Waals surface area contributed by atoms with E-state index in [1.54, 1.807) is 97.6 Å². The Bertz CT molecular complexity index is 3990. The van der Waals surface area contributed by atoms with Gasteiger partial charge in [0.2, 0.25) is 0 Å². The highest BCUT2D eigenvalue weighted by Gasteiger charge is 2.48. The van der Waals surface area contributed by atoms with E-state index in [9.17, 15) is 24.0 Å². The second kappa shape index (κ2) is 25.5. The molecule has 23 heteroatoms. The van der Waals surface area contributed by atoms with Crippen molar-refractivity contribution in [1.82, 2.24) is 28.7 Å². The summed E-state index contributed by atoms with van der Waals surface area (Å²) in [6, 6.07) is 49.2. The summed E-state index contributed by atoms with van der Waals surface area (Å²) in [6.07, 6.45) is -3.01. The molecule has 2 aliphatic heterocycles. The van der Waals surface area contributed by atoms with E-state index in [2.05, 4.69) is 20.3 Å². The highest BCUT2D eigenvalue weighted by atomic mass is 31.2. The molecule has 11 rings (SSSR count). The van der Waals surface area contributed by atoms with Crippen molar-refractivity contribution in [2.75, 3.05) is 39.9 Å². The molecule has 0 radical (unpaired) electrons. The number of phosphoric ester groups is 1. The first-order chi connectivity index (χ1) is 41.8. The summed E-state index contributed by atoms with van der Waals surface area (Å²) in [5.41, 5.74) is 0.267. The lowest BCUT2D eigenvalue weighted by Gasteiger charge is -2.37. The molecule has 0 spiro atoms. The quantitative estimate of drug-likeness (QED) is 0.0400. The summed E-state index contributed by atoms with van der Waals surface area (Å²) < 4.78 is 74.6. The number of amides is 1. The SMILES string of the molecule is COc1ccc(C(OC[C@H]2O[C@@H](n3cnc4c(NC(=O)c5ccccc5)ncnc43)C[C@@H]2OP(=O)(OC)OC[C@H]2O[C@@H](n3cc(C)c(=O)n(C(=O)c4ccccc4)c3=O)C[C@@H]2OC(=O)c2ccccc2)(c2ccccc2)c2ccc(OC)cc2)cc1. The molecule has 0 aliphatic carbocycles. The maximum absolute atomic E-state index is 15.2. The largest absolute Gasteiger partial charge is 0.497 e. The van der Waals surface area contributed by atoms with E-state index in [-0.39, 0.29) is 53.1 Å². The van der Waals surface area contributed by atoms with E-state index >= 15 is 4.57 Å². The monoisotopic (exact) mass is 1180 g/mol. The van der Waals surface area contributed by atoms with Gasteiger partial charge in [0.15, 0.2) is 17.0 Å². The van der Waals surface area contributed by atoms with E-state index in [1.807, 2.05) is 78.9 Å². The zero-order valence-corrected chi connectivity index (χ0v) is 47.8. The van der Waals surface area contributed by atoms with Gasteiger partial charge in [-0.15, -0.1) is 0 Å². The first-order valence-corrected chi connectivity index (χ1v) is 28.8. The maximum Gasteiger partial charge on any atom is 0.474 e. The first kappa shape index (κ1) is 58.5. The van der Waals surface area contributed by atoms with Gasteiger partial charge in [-0.1, -0.05) is 109 Å². The number of nitrogens with zero attached hydrogens (tertiary/aromatic N) is 6. The lowest BCUT2D eigenvalue weighted by Crippen LogP contribution is -2.45. The van der Waals surface area contributed by atoms with E-state index in [4.69, 9.17) is 42.0 Å². The number of anilines is 1. The highest BCUT2D eigenvalue weighted by Crippen LogP contribution is 2.54. The Morgan fingerprint density at radius 2 is 1.17 bits per heavy atom. The minimum atomic E-state index is -4.73. The predicted octanol–water partition coefficient (Wildman–Crippen LogP) is 9.08. The van der Waals surface area contributed by atoms with Gasteiger partial charge in [-0.25, -0.2) is 29.1 Å². The van der Waals surface area contributed by atoms with Crippen LogP contribution in [0.4, 0.5) is 5.82 Å². The van der Waals surface area contributed by atoms with Gasteiger partial charge in [0, 0.05) is 42.8 Å². The van der Waals surface area contributed by atoms with E-state index in [1.165, 1.54) is 37.9 Å². The van der Waals surface area contributed by atoms with Crippen molar-refractivity contribution in [2.45, 2.75) is 62.2 Å². The van der Waals surface area contributed by atoms with Crippen molar-refractivity contribution < 1.29 is 60.9 Å². The number of carbonyl (C=O) groups is 3. The number of methoxy groups -OCH3 is 2. The fourth-order valence-corrected chi connectivity index (χ4v) is 11.6. The molecule has 0 saturated carbocycles. The van der Waals surface area contributed by atoms with Gasteiger partial charge in [0.05, 0.1) is 39.3 Å². The lowest BCUT2D eigenvalue weighted by atomic mass is 9.80. The van der Waals surface area contributed by atoms with Crippen molar-refractivity contribution in [1.29, 1.82) is 0 Å². The van der Waals surface area contributed by atoms with Crippen LogP contribution in [0.5, 0.6) is 11.5 Å². The van der Waals surface area contributed by atoms with Gasteiger partial charge in [0.1, 0.15) is 60.3 Å². The Morgan fingerprint density at radius 1 is 0.640 bits per heavy atom. The Hall–Kier alpha value is -9.25. The average molecular weight is 1180 g/mol. The average Bonchev–Trinajstić information content (AvgIpc) is 3.83. The molecule has 9 aromatic rings. The van der Waals surface area contributed by atoms with Crippen molar-refractivity contribution in [2.24, 2.45) is 0 Å². The molecule has 1 amide bonds. The molecule has 440 valence electrons. The molecule has 1 N–H and O–H groups in total. The standard InChI is InChI=1S/C63H58N7O15P/c1-40-35-68(62(75)70(59(40)72)60(73)42-19-11-6-12-20-42)53-33-49(84-61(74)43-21-13-7-14-22-43)52(83-53)37-81-86(76,79-4)85-50-34-54(69-39-66-55-56(64-38-65-57(55)69)67-58(71)41-17-9-5-10-18-41)82-51(50)36-80-63(44-23-15-8-16-24-44,45-25-29-47(77-2)30-26-45)46-27-31-48(78-3)32-28-46/h5-32,35,38-39,49-54H,33-34,36-37H2,1-4H3,(H,64,65,67,71)/t49-,50-,51+,52+,53+,54+,86?/m0/s1. The normalized spacial score (nSPS) is 19.2. The number of ether oxygens (including phenoxy) is 6. The molecule has 6 aromatic carbocycles. The molecular formula is C63H58N7O15P. The molecule has 22 nitrogen and oxygen atoms in total. The number of hydrogen-bond donors (Lipinski definition) is 1. The molecule has 0 bridgehead atoms. The zero-order chi connectivity index (χ0) is 60.0. The minimum absolute atomic E-state index is 0.0334. The minimum Gasteiger partial charge on any atom is -0.497 e. The number of imidazole rings is 1. The van der Waals surface area contributed by atoms with Crippen molar-refractivity contribution in [3.8, 4) is 11.5 Å². The summed E-state index contributed by atoms with van der Waals surface area (Å²) in [5.74, 6) is -0.650. The van der Waals surface area contributed by atoms with Crippen LogP contribution in [-0.4, -0.2) is 105 Å². The molecule has 1 unspecified atom stereocenters. The van der Waals surface area contributed by atoms with Crippen LogP contribution in [0.2, 0.25) is 0 Å². The van der Waals surface area contributed by atoms with E-state index < -0.39 is 85.9 Å². The van der Waals surface area contributed by atoms with Crippen LogP contribution in [0, 0.1) is 6.92 Å². The number of aryl methyl sites for hydroxylation is 1. The number of carbonyl (C=O) groups excluding carboxylic acids is 3. The smallest absolute Gasteiger partial charge is 0.474 e. The van der Waals surface area contributed by atoms with Crippen LogP contribution in [0.1, 0.15) is 78.6 Å². The predicted molar refractivity (Wildman–Crippen MR) is 312 cm³/mol. The number of esters is 1. The van der Waals surface area contributed by atoms with E-state index in [0.717, 1.165) is 17.2 Å². The number of aromatic nitrogens is 6. The third-order valence-electron chi connectivity index (χ3n) is 14.9. The number of hydrogen-bond acceptors (Lipinski definition) is 18. The van der Waals surface area contributed by atoms with Crippen LogP contribution in [0.15, 0.2) is 198 Å². The summed E-state index contributed by atoms with van der Waals surface area (Å²) >= 11 is 0. The van der Waals surface area contributed by atoms with Crippen molar-refractivity contribution in [3.63, 3.8) is 0 Å². The van der Waals surface area contributed by atoms with Gasteiger partial charge in [0.25, 0.3) is 17.4 Å². The Morgan fingerprint density at radius 3 is 1.77 bits per heavy atom. The van der Waals surface area contributed by atoms with Gasteiger partial charge in [-0.3, -0.25) is 37.1 Å². The summed E-state index contributed by atoms with van der Waals surface area (Å²) in [5, 5.41) is 2.83. The molecule has 5 heterocycles. The first-order valence-electron chi connectivity index (χ1n) is 27.3. The fraction of sp³-hybridized carbons (Fsp3) is 0.238. The van der Waals surface area contributed by atoms with Crippen LogP contribution in [0.3, 0.4) is 0 Å². The van der Waals surface area contributed by atoms with Gasteiger partial charge >= 0.3 is 19.5 Å². The molecular weight excluding hydrogens is 1130 g/mol. The second-order valence-electron chi connectivity index (χ2n) is 20.1. The Kier molecular flexibility index (Phi) is 17.4. The number of benzene rings is 6. The van der Waals surface area contributed by atoms with Crippen LogP contribution >= 0.6 is 7.82 Å². The third-order valence-corrected chi connectivity index (χ3v) is 16.3. The molecule has 2 aliphatic rings. The Labute approximate surface area is 492 Å². The van der Waals surface area contributed by atoms with Crippen molar-refractivity contribution in [3.05, 3.63) is 248 Å². The Balaban J connectivity index is 0.928. The molecule has 3 aromatic heterocycles. The topological polar surface area (TPSA) is 251 Å². The second-order valence-corrected chi connectivity index (χ2v) is 21.8. The summed E-state index contributed by atoms with van der Waals surface area (Å²) in [4.78, 5) is 82.0. The van der Waals surface area contributed by atoms with Crippen LogP contribution < -0.4 is 26.0 Å². The molecule has 2 fully saturated rings. The summed E-state index contributed by atoms with van der Waals surface area (Å²) in [7, 11) is -0.436. The van der Waals surface area contributed by atoms with Gasteiger partial charge in [-0.05, 0) is 84.3 Å². The lowest BCUT2D eigenvalue weighted by molar-refractivity contribution is -0.0945. The number of fused-ring (bicyclic) bond motifs is 1. The third kappa shape index (κ3) is 12.0.